The van der Waals surface area contributed by atoms with Crippen molar-refractivity contribution < 1.29 is 0 Å². The lowest BCUT2D eigenvalue weighted by Gasteiger charge is -2.26. The van der Waals surface area contributed by atoms with E-state index in [2.05, 4.69) is 19.6 Å². The van der Waals surface area contributed by atoms with Crippen LogP contribution in [0.1, 0.15) is 64.7 Å². The Balaban J connectivity index is 2.40. The first kappa shape index (κ1) is 11.8. The van der Waals surface area contributed by atoms with Gasteiger partial charge in [0.15, 0.2) is 0 Å². The summed E-state index contributed by atoms with van der Waals surface area (Å²) in [5.74, 6) is 1.77. The number of rotatable bonds is 4. The lowest BCUT2D eigenvalue weighted by molar-refractivity contribution is 0.286. The van der Waals surface area contributed by atoms with Crippen molar-refractivity contribution in [2.45, 2.75) is 64.7 Å². The second-order valence-corrected chi connectivity index (χ2v) is 4.79. The number of unbranched alkanes of at least 4 members (excludes halogenated alkanes) is 1. The molecule has 0 nitrogen and oxygen atoms in total. The van der Waals surface area contributed by atoms with E-state index in [1.54, 1.807) is 0 Å². The van der Waals surface area contributed by atoms with Crippen LogP contribution in [0.3, 0.4) is 0 Å². The summed E-state index contributed by atoms with van der Waals surface area (Å²) in [6.07, 6.45) is 15.1. The van der Waals surface area contributed by atoms with E-state index < -0.39 is 0 Å². The van der Waals surface area contributed by atoms with Crippen molar-refractivity contribution >= 4 is 0 Å². The topological polar surface area (TPSA) is 0 Å². The highest BCUT2D eigenvalue weighted by Gasteiger charge is 2.19. The molecule has 0 amide bonds. The molecule has 0 spiro atoms. The molecular formula is C14H26. The second kappa shape index (κ2) is 7.09. The minimum atomic E-state index is 0.821. The van der Waals surface area contributed by atoms with Crippen molar-refractivity contribution in [2.75, 3.05) is 0 Å². The number of allylic oxidation sites excluding steroid dienone is 1. The molecule has 1 saturated carbocycles. The van der Waals surface area contributed by atoms with Gasteiger partial charge in [0.2, 0.25) is 0 Å². The molecule has 82 valence electrons. The first-order valence-corrected chi connectivity index (χ1v) is 6.51. The molecular weight excluding hydrogens is 168 g/mol. The monoisotopic (exact) mass is 194 g/mol. The molecule has 14 heavy (non-hydrogen) atoms. The molecule has 0 saturated heterocycles. The average molecular weight is 194 g/mol. The van der Waals surface area contributed by atoms with Crippen molar-refractivity contribution in [3.8, 4) is 0 Å². The van der Waals surface area contributed by atoms with E-state index in [-0.39, 0.29) is 0 Å². The summed E-state index contributed by atoms with van der Waals surface area (Å²) in [5.41, 5.74) is 0. The zero-order valence-electron chi connectivity index (χ0n) is 9.80. The van der Waals surface area contributed by atoms with Crippen molar-refractivity contribution in [3.05, 3.63) is 12.7 Å². The van der Waals surface area contributed by atoms with Crippen LogP contribution < -0.4 is 0 Å². The quantitative estimate of drug-likeness (QED) is 0.555. The van der Waals surface area contributed by atoms with E-state index in [1.807, 2.05) is 0 Å². The lowest BCUT2D eigenvalue weighted by Crippen LogP contribution is -2.14. The fraction of sp³-hybridized carbons (Fsp3) is 0.857. The third-order valence-corrected chi connectivity index (χ3v) is 3.70. The van der Waals surface area contributed by atoms with E-state index in [0.717, 1.165) is 11.8 Å². The van der Waals surface area contributed by atoms with Gasteiger partial charge >= 0.3 is 0 Å². The van der Waals surface area contributed by atoms with Gasteiger partial charge in [-0.25, -0.2) is 0 Å². The first-order valence-electron chi connectivity index (χ1n) is 6.51. The van der Waals surface area contributed by atoms with Gasteiger partial charge in [0.05, 0.1) is 0 Å². The maximum Gasteiger partial charge on any atom is -0.0208 e. The van der Waals surface area contributed by atoms with E-state index in [9.17, 15) is 0 Å². The molecule has 0 aliphatic heterocycles. The Morgan fingerprint density at radius 2 is 1.86 bits per heavy atom. The maximum atomic E-state index is 4.01. The van der Waals surface area contributed by atoms with Crippen molar-refractivity contribution in [2.24, 2.45) is 11.8 Å². The normalized spacial score (nSPS) is 29.2. The molecule has 0 heterocycles. The highest BCUT2D eigenvalue weighted by Crippen LogP contribution is 2.32. The van der Waals surface area contributed by atoms with Gasteiger partial charge in [-0.3, -0.25) is 0 Å². The minimum absolute atomic E-state index is 0.821. The van der Waals surface area contributed by atoms with Gasteiger partial charge in [-0.1, -0.05) is 51.5 Å². The summed E-state index contributed by atoms with van der Waals surface area (Å²) >= 11 is 0. The molecule has 0 aromatic carbocycles. The fourth-order valence-corrected chi connectivity index (χ4v) is 2.72. The van der Waals surface area contributed by atoms with Gasteiger partial charge < -0.3 is 0 Å². The number of hydrogen-bond acceptors (Lipinski definition) is 0. The summed E-state index contributed by atoms with van der Waals surface area (Å²) in [6.45, 7) is 6.31. The standard InChI is InChI=1S/C14H26/c1-3-5-10-14-12-9-7-6-8-11-13(14)4-2/h4,13-14H,2-3,5-12H2,1H3. The maximum absolute atomic E-state index is 4.01. The molecule has 1 fully saturated rings. The van der Waals surface area contributed by atoms with Crippen LogP contribution in [0.15, 0.2) is 12.7 Å². The summed E-state index contributed by atoms with van der Waals surface area (Å²) in [6, 6.07) is 0. The Bertz CT molecular complexity index is 146. The molecule has 1 aliphatic rings. The van der Waals surface area contributed by atoms with Crippen LogP contribution in [-0.4, -0.2) is 0 Å². The molecule has 0 aromatic heterocycles. The highest BCUT2D eigenvalue weighted by atomic mass is 14.2. The Morgan fingerprint density at radius 3 is 2.50 bits per heavy atom. The Hall–Kier alpha value is -0.260. The van der Waals surface area contributed by atoms with E-state index in [0.29, 0.717) is 0 Å². The van der Waals surface area contributed by atoms with Gasteiger partial charge in [0.1, 0.15) is 0 Å². The van der Waals surface area contributed by atoms with Gasteiger partial charge in [-0.15, -0.1) is 6.58 Å². The van der Waals surface area contributed by atoms with E-state index in [1.165, 1.54) is 57.8 Å². The van der Waals surface area contributed by atoms with Gasteiger partial charge in [0, 0.05) is 0 Å². The van der Waals surface area contributed by atoms with Crippen LogP contribution in [-0.2, 0) is 0 Å². The molecule has 0 bridgehead atoms. The Labute approximate surface area is 89.8 Å². The number of hydrogen-bond donors (Lipinski definition) is 0. The van der Waals surface area contributed by atoms with Gasteiger partial charge in [-0.2, -0.15) is 0 Å². The first-order chi connectivity index (χ1) is 6.88. The third kappa shape index (κ3) is 3.86. The Morgan fingerprint density at radius 1 is 1.14 bits per heavy atom. The van der Waals surface area contributed by atoms with Gasteiger partial charge in [0.25, 0.3) is 0 Å². The largest absolute Gasteiger partial charge is 0.103 e. The van der Waals surface area contributed by atoms with Crippen LogP contribution in [0.5, 0.6) is 0 Å². The van der Waals surface area contributed by atoms with Crippen LogP contribution in [0.2, 0.25) is 0 Å². The van der Waals surface area contributed by atoms with Gasteiger partial charge in [-0.05, 0) is 31.1 Å². The Kier molecular flexibility index (Phi) is 5.98. The molecule has 1 aliphatic carbocycles. The van der Waals surface area contributed by atoms with Crippen molar-refractivity contribution in [1.82, 2.24) is 0 Å². The summed E-state index contributed by atoms with van der Waals surface area (Å²) < 4.78 is 0. The summed E-state index contributed by atoms with van der Waals surface area (Å²) in [5, 5.41) is 0. The van der Waals surface area contributed by atoms with Crippen LogP contribution in [0.25, 0.3) is 0 Å². The van der Waals surface area contributed by atoms with Crippen LogP contribution >= 0.6 is 0 Å². The molecule has 2 atom stereocenters. The summed E-state index contributed by atoms with van der Waals surface area (Å²) in [7, 11) is 0. The molecule has 0 radical (unpaired) electrons. The SMILES string of the molecule is C=CC1CCCCCCC1CCCC. The van der Waals surface area contributed by atoms with Crippen LogP contribution in [0, 0.1) is 11.8 Å². The second-order valence-electron chi connectivity index (χ2n) is 4.79. The summed E-state index contributed by atoms with van der Waals surface area (Å²) in [4.78, 5) is 0. The predicted octanol–water partition coefficient (Wildman–Crippen LogP) is 4.95. The zero-order valence-corrected chi connectivity index (χ0v) is 9.80. The molecule has 0 N–H and O–H groups in total. The third-order valence-electron chi connectivity index (χ3n) is 3.70. The van der Waals surface area contributed by atoms with Crippen molar-refractivity contribution in [3.63, 3.8) is 0 Å². The molecule has 0 heteroatoms. The highest BCUT2D eigenvalue weighted by molar-refractivity contribution is 4.85. The van der Waals surface area contributed by atoms with Crippen molar-refractivity contribution in [1.29, 1.82) is 0 Å². The fourth-order valence-electron chi connectivity index (χ4n) is 2.72. The molecule has 0 aromatic rings. The van der Waals surface area contributed by atoms with Crippen LogP contribution in [0.4, 0.5) is 0 Å². The lowest BCUT2D eigenvalue weighted by atomic mass is 9.79. The zero-order chi connectivity index (χ0) is 10.2. The molecule has 2 unspecified atom stereocenters. The minimum Gasteiger partial charge on any atom is -0.103 e. The average Bonchev–Trinajstić information content (AvgIpc) is 2.17. The predicted molar refractivity (Wildman–Crippen MR) is 64.4 cm³/mol. The molecule has 1 rings (SSSR count). The van der Waals surface area contributed by atoms with E-state index in [4.69, 9.17) is 0 Å². The smallest absolute Gasteiger partial charge is 0.0208 e. The van der Waals surface area contributed by atoms with E-state index >= 15 is 0 Å².